The Hall–Kier alpha value is -1.62. The summed E-state index contributed by atoms with van der Waals surface area (Å²) in [6.45, 7) is 11.6. The Balaban J connectivity index is 2.26. The van der Waals surface area contributed by atoms with Gasteiger partial charge >= 0.3 is 0 Å². The molecule has 0 bridgehead atoms. The van der Waals surface area contributed by atoms with Crippen molar-refractivity contribution >= 4 is 23.0 Å². The van der Waals surface area contributed by atoms with Gasteiger partial charge < -0.3 is 10.6 Å². The zero-order valence-corrected chi connectivity index (χ0v) is 14.3. The number of nitrogens with zero attached hydrogens (tertiary/aromatic N) is 2. The van der Waals surface area contributed by atoms with Gasteiger partial charge in [0.15, 0.2) is 0 Å². The van der Waals surface area contributed by atoms with E-state index in [1.54, 1.807) is 6.33 Å². The molecule has 114 valence electrons. The third kappa shape index (κ3) is 3.53. The number of rotatable bonds is 6. The summed E-state index contributed by atoms with van der Waals surface area (Å²) in [6, 6.07) is 2.50. The average Bonchev–Trinajstić information content (AvgIpc) is 2.78. The first-order valence-corrected chi connectivity index (χ1v) is 8.29. The zero-order chi connectivity index (χ0) is 15.4. The van der Waals surface area contributed by atoms with Crippen LogP contribution in [0.1, 0.15) is 47.7 Å². The fourth-order valence-corrected chi connectivity index (χ4v) is 3.58. The predicted octanol–water partition coefficient (Wildman–Crippen LogP) is 4.32. The molecule has 5 heteroatoms. The Bertz CT molecular complexity index is 606. The van der Waals surface area contributed by atoms with Gasteiger partial charge in [-0.05, 0) is 45.7 Å². The SMILES string of the molecule is CCNc1ncnc(NC(C)c2cc(C)sc2C)c1CC. The van der Waals surface area contributed by atoms with E-state index >= 15 is 0 Å². The molecule has 0 aliphatic rings. The van der Waals surface area contributed by atoms with Gasteiger partial charge in [0.05, 0.1) is 6.04 Å². The van der Waals surface area contributed by atoms with E-state index in [0.717, 1.165) is 30.2 Å². The third-order valence-corrected chi connectivity index (χ3v) is 4.52. The van der Waals surface area contributed by atoms with E-state index in [1.807, 2.05) is 11.3 Å². The van der Waals surface area contributed by atoms with Crippen molar-refractivity contribution in [3.05, 3.63) is 33.3 Å². The quantitative estimate of drug-likeness (QED) is 0.834. The number of anilines is 2. The summed E-state index contributed by atoms with van der Waals surface area (Å²) in [6.07, 6.45) is 2.53. The van der Waals surface area contributed by atoms with Gasteiger partial charge in [-0.15, -0.1) is 11.3 Å². The molecule has 2 aromatic heterocycles. The summed E-state index contributed by atoms with van der Waals surface area (Å²) < 4.78 is 0. The third-order valence-electron chi connectivity index (χ3n) is 3.54. The molecule has 0 aromatic carbocycles. The molecule has 0 spiro atoms. The molecule has 2 rings (SSSR count). The maximum Gasteiger partial charge on any atom is 0.135 e. The van der Waals surface area contributed by atoms with Crippen molar-refractivity contribution in [1.29, 1.82) is 0 Å². The zero-order valence-electron chi connectivity index (χ0n) is 13.4. The van der Waals surface area contributed by atoms with Crippen LogP contribution in [0.25, 0.3) is 0 Å². The number of nitrogens with one attached hydrogen (secondary N) is 2. The maximum atomic E-state index is 4.44. The first-order chi connectivity index (χ1) is 10.1. The summed E-state index contributed by atoms with van der Waals surface area (Å²) in [5.74, 6) is 1.86. The summed E-state index contributed by atoms with van der Waals surface area (Å²) in [7, 11) is 0. The molecule has 0 saturated carbocycles. The molecule has 0 fully saturated rings. The fourth-order valence-electron chi connectivity index (χ4n) is 2.55. The highest BCUT2D eigenvalue weighted by Crippen LogP contribution is 2.30. The highest BCUT2D eigenvalue weighted by atomic mass is 32.1. The standard InChI is InChI=1S/C16H24N4S/c1-6-13-15(17-7-2)18-9-19-16(13)20-11(4)14-8-10(3)21-12(14)5/h8-9,11H,6-7H2,1-5H3,(H2,17,18,19,20). The summed E-state index contributed by atoms with van der Waals surface area (Å²) in [5.41, 5.74) is 2.50. The number of thiophene rings is 1. The van der Waals surface area contributed by atoms with Gasteiger partial charge in [-0.2, -0.15) is 0 Å². The van der Waals surface area contributed by atoms with Crippen LogP contribution < -0.4 is 10.6 Å². The largest absolute Gasteiger partial charge is 0.370 e. The van der Waals surface area contributed by atoms with Gasteiger partial charge in [-0.1, -0.05) is 6.92 Å². The van der Waals surface area contributed by atoms with E-state index in [9.17, 15) is 0 Å². The summed E-state index contributed by atoms with van der Waals surface area (Å²) in [5, 5.41) is 6.85. The van der Waals surface area contributed by atoms with E-state index < -0.39 is 0 Å². The van der Waals surface area contributed by atoms with Crippen LogP contribution in [-0.2, 0) is 6.42 Å². The van der Waals surface area contributed by atoms with Crippen LogP contribution in [0.2, 0.25) is 0 Å². The number of hydrogen-bond donors (Lipinski definition) is 2. The molecule has 0 aliphatic carbocycles. The molecule has 2 aromatic rings. The number of aromatic nitrogens is 2. The van der Waals surface area contributed by atoms with Gasteiger partial charge in [0.25, 0.3) is 0 Å². The molecule has 0 radical (unpaired) electrons. The Morgan fingerprint density at radius 1 is 1.19 bits per heavy atom. The van der Waals surface area contributed by atoms with Crippen LogP contribution in [-0.4, -0.2) is 16.5 Å². The van der Waals surface area contributed by atoms with Gasteiger partial charge in [-0.25, -0.2) is 9.97 Å². The topological polar surface area (TPSA) is 49.8 Å². The molecule has 4 nitrogen and oxygen atoms in total. The van der Waals surface area contributed by atoms with Crippen molar-refractivity contribution in [2.45, 2.75) is 47.1 Å². The highest BCUT2D eigenvalue weighted by molar-refractivity contribution is 7.12. The minimum Gasteiger partial charge on any atom is -0.370 e. The van der Waals surface area contributed by atoms with Gasteiger partial charge in [0.2, 0.25) is 0 Å². The molecule has 1 unspecified atom stereocenters. The Labute approximate surface area is 131 Å². The Morgan fingerprint density at radius 2 is 1.90 bits per heavy atom. The molecule has 0 amide bonds. The highest BCUT2D eigenvalue weighted by Gasteiger charge is 2.15. The fraction of sp³-hybridized carbons (Fsp3) is 0.500. The Morgan fingerprint density at radius 3 is 2.48 bits per heavy atom. The number of hydrogen-bond acceptors (Lipinski definition) is 5. The molecule has 0 aliphatic heterocycles. The normalized spacial score (nSPS) is 12.2. The predicted molar refractivity (Wildman–Crippen MR) is 91.4 cm³/mol. The lowest BCUT2D eigenvalue weighted by Crippen LogP contribution is -2.13. The minimum absolute atomic E-state index is 0.240. The van der Waals surface area contributed by atoms with Crippen molar-refractivity contribution in [3.63, 3.8) is 0 Å². The van der Waals surface area contributed by atoms with E-state index in [2.05, 4.69) is 61.3 Å². The minimum atomic E-state index is 0.240. The second kappa shape index (κ2) is 6.89. The van der Waals surface area contributed by atoms with Crippen molar-refractivity contribution in [3.8, 4) is 0 Å². The van der Waals surface area contributed by atoms with Crippen molar-refractivity contribution in [2.24, 2.45) is 0 Å². The van der Waals surface area contributed by atoms with Crippen molar-refractivity contribution < 1.29 is 0 Å². The van der Waals surface area contributed by atoms with Crippen LogP contribution in [0.15, 0.2) is 12.4 Å². The lowest BCUT2D eigenvalue weighted by molar-refractivity contribution is 0.860. The van der Waals surface area contributed by atoms with Crippen LogP contribution in [0, 0.1) is 13.8 Å². The molecule has 21 heavy (non-hydrogen) atoms. The van der Waals surface area contributed by atoms with E-state index in [4.69, 9.17) is 0 Å². The first kappa shape index (κ1) is 15.8. The smallest absolute Gasteiger partial charge is 0.135 e. The van der Waals surface area contributed by atoms with E-state index in [1.165, 1.54) is 15.3 Å². The molecule has 2 N–H and O–H groups in total. The summed E-state index contributed by atoms with van der Waals surface area (Å²) >= 11 is 1.84. The molecular formula is C16H24N4S. The van der Waals surface area contributed by atoms with Crippen molar-refractivity contribution in [2.75, 3.05) is 17.2 Å². The van der Waals surface area contributed by atoms with Gasteiger partial charge in [-0.3, -0.25) is 0 Å². The van der Waals surface area contributed by atoms with Crippen LogP contribution in [0.4, 0.5) is 11.6 Å². The second-order valence-electron chi connectivity index (χ2n) is 5.17. The van der Waals surface area contributed by atoms with Crippen LogP contribution in [0.3, 0.4) is 0 Å². The van der Waals surface area contributed by atoms with Gasteiger partial charge in [0, 0.05) is 21.9 Å². The Kier molecular flexibility index (Phi) is 5.17. The molecule has 0 saturated heterocycles. The van der Waals surface area contributed by atoms with Gasteiger partial charge in [0.1, 0.15) is 18.0 Å². The molecular weight excluding hydrogens is 280 g/mol. The molecule has 1 atom stereocenters. The lowest BCUT2D eigenvalue weighted by Gasteiger charge is -2.18. The lowest BCUT2D eigenvalue weighted by atomic mass is 10.1. The van der Waals surface area contributed by atoms with E-state index in [-0.39, 0.29) is 6.04 Å². The maximum absolute atomic E-state index is 4.44. The monoisotopic (exact) mass is 304 g/mol. The average molecular weight is 304 g/mol. The molecule has 2 heterocycles. The number of aryl methyl sites for hydroxylation is 2. The second-order valence-corrected chi connectivity index (χ2v) is 6.63. The van der Waals surface area contributed by atoms with Crippen molar-refractivity contribution in [1.82, 2.24) is 9.97 Å². The summed E-state index contributed by atoms with van der Waals surface area (Å²) in [4.78, 5) is 11.5. The first-order valence-electron chi connectivity index (χ1n) is 7.48. The van der Waals surface area contributed by atoms with E-state index in [0.29, 0.717) is 0 Å². The van der Waals surface area contributed by atoms with Crippen LogP contribution in [0.5, 0.6) is 0 Å². The van der Waals surface area contributed by atoms with Crippen LogP contribution >= 0.6 is 11.3 Å².